The third kappa shape index (κ3) is 2.25. The highest BCUT2D eigenvalue weighted by Crippen LogP contribution is 2.31. The summed E-state index contributed by atoms with van der Waals surface area (Å²) in [5.74, 6) is 1.30. The number of pyridine rings is 1. The van der Waals surface area contributed by atoms with Gasteiger partial charge in [0.25, 0.3) is 0 Å². The molecule has 1 aliphatic rings. The Morgan fingerprint density at radius 1 is 1.59 bits per heavy atom. The van der Waals surface area contributed by atoms with E-state index in [1.807, 2.05) is 13.1 Å². The van der Waals surface area contributed by atoms with Crippen molar-refractivity contribution in [3.05, 3.63) is 23.9 Å². The molecule has 0 spiro atoms. The van der Waals surface area contributed by atoms with Crippen LogP contribution in [0.3, 0.4) is 0 Å². The first kappa shape index (κ1) is 11.9. The van der Waals surface area contributed by atoms with Crippen LogP contribution in [0.1, 0.15) is 24.8 Å². The SMILES string of the molecule is CN(c1ncccc1C#N)C1CCCC1CN. The summed E-state index contributed by atoms with van der Waals surface area (Å²) in [6.45, 7) is 0.712. The van der Waals surface area contributed by atoms with E-state index in [1.165, 1.54) is 12.8 Å². The zero-order valence-corrected chi connectivity index (χ0v) is 10.1. The fourth-order valence-corrected chi connectivity index (χ4v) is 2.72. The molecule has 1 aromatic heterocycles. The van der Waals surface area contributed by atoms with Crippen LogP contribution in [0.25, 0.3) is 0 Å². The number of nitrogens with zero attached hydrogens (tertiary/aromatic N) is 3. The smallest absolute Gasteiger partial charge is 0.146 e. The molecule has 2 N–H and O–H groups in total. The standard InChI is InChI=1S/C13H18N4/c1-17(12-6-2-4-10(12)8-14)13-11(9-15)5-3-7-16-13/h3,5,7,10,12H,2,4,6,8,14H2,1H3. The molecule has 2 atom stereocenters. The molecule has 1 aliphatic carbocycles. The van der Waals surface area contributed by atoms with E-state index in [0.29, 0.717) is 24.1 Å². The average molecular weight is 230 g/mol. The number of hydrogen-bond donors (Lipinski definition) is 1. The van der Waals surface area contributed by atoms with Gasteiger partial charge in [0.1, 0.15) is 11.9 Å². The Balaban J connectivity index is 2.25. The Hall–Kier alpha value is -1.60. The lowest BCUT2D eigenvalue weighted by Gasteiger charge is -2.30. The molecular formula is C13H18N4. The summed E-state index contributed by atoms with van der Waals surface area (Å²) in [7, 11) is 2.02. The van der Waals surface area contributed by atoms with Gasteiger partial charge in [-0.1, -0.05) is 6.42 Å². The van der Waals surface area contributed by atoms with Crippen LogP contribution >= 0.6 is 0 Å². The monoisotopic (exact) mass is 230 g/mol. The van der Waals surface area contributed by atoms with Crippen molar-refractivity contribution in [3.63, 3.8) is 0 Å². The Morgan fingerprint density at radius 3 is 3.12 bits per heavy atom. The van der Waals surface area contributed by atoms with Crippen molar-refractivity contribution in [2.24, 2.45) is 11.7 Å². The van der Waals surface area contributed by atoms with Crippen molar-refractivity contribution in [2.75, 3.05) is 18.5 Å². The van der Waals surface area contributed by atoms with Crippen LogP contribution in [-0.4, -0.2) is 24.6 Å². The number of nitrogens with two attached hydrogens (primary N) is 1. The van der Waals surface area contributed by atoms with Crippen molar-refractivity contribution in [1.29, 1.82) is 5.26 Å². The number of nitriles is 1. The van der Waals surface area contributed by atoms with Crippen LogP contribution in [0.4, 0.5) is 5.82 Å². The largest absolute Gasteiger partial charge is 0.355 e. The fraction of sp³-hybridized carbons (Fsp3) is 0.538. The predicted octanol–water partition coefficient (Wildman–Crippen LogP) is 1.52. The molecule has 0 bridgehead atoms. The first-order valence-corrected chi connectivity index (χ1v) is 6.06. The van der Waals surface area contributed by atoms with Gasteiger partial charge in [-0.25, -0.2) is 4.98 Å². The molecular weight excluding hydrogens is 212 g/mol. The second-order valence-electron chi connectivity index (χ2n) is 4.59. The minimum absolute atomic E-state index is 0.419. The lowest BCUT2D eigenvalue weighted by molar-refractivity contribution is 0.472. The maximum absolute atomic E-state index is 9.09. The van der Waals surface area contributed by atoms with E-state index < -0.39 is 0 Å². The molecule has 0 aliphatic heterocycles. The third-order valence-electron chi connectivity index (χ3n) is 3.66. The highest BCUT2D eigenvalue weighted by atomic mass is 15.2. The highest BCUT2D eigenvalue weighted by Gasteiger charge is 2.30. The van der Waals surface area contributed by atoms with E-state index in [4.69, 9.17) is 11.0 Å². The van der Waals surface area contributed by atoms with Gasteiger partial charge in [-0.2, -0.15) is 5.26 Å². The van der Waals surface area contributed by atoms with E-state index in [0.717, 1.165) is 12.2 Å². The quantitative estimate of drug-likeness (QED) is 0.855. The molecule has 1 heterocycles. The molecule has 4 heteroatoms. The van der Waals surface area contributed by atoms with Gasteiger partial charge >= 0.3 is 0 Å². The molecule has 0 radical (unpaired) electrons. The second kappa shape index (κ2) is 5.15. The third-order valence-corrected chi connectivity index (χ3v) is 3.66. The van der Waals surface area contributed by atoms with Gasteiger partial charge in [-0.05, 0) is 37.4 Å². The van der Waals surface area contributed by atoms with Crippen LogP contribution in [0.2, 0.25) is 0 Å². The summed E-state index contributed by atoms with van der Waals surface area (Å²) in [5, 5.41) is 9.09. The van der Waals surface area contributed by atoms with Crippen molar-refractivity contribution >= 4 is 5.82 Å². The van der Waals surface area contributed by atoms with Crippen molar-refractivity contribution < 1.29 is 0 Å². The van der Waals surface area contributed by atoms with Crippen LogP contribution in [0.15, 0.2) is 18.3 Å². The zero-order chi connectivity index (χ0) is 12.3. The Bertz CT molecular complexity index is 424. The molecule has 1 fully saturated rings. The van der Waals surface area contributed by atoms with Gasteiger partial charge in [0.05, 0.1) is 5.56 Å². The number of rotatable bonds is 3. The van der Waals surface area contributed by atoms with Crippen LogP contribution in [0.5, 0.6) is 0 Å². The van der Waals surface area contributed by atoms with Crippen LogP contribution in [0, 0.1) is 17.2 Å². The minimum Gasteiger partial charge on any atom is -0.355 e. The molecule has 2 unspecified atom stereocenters. The highest BCUT2D eigenvalue weighted by molar-refractivity contribution is 5.53. The molecule has 1 aromatic rings. The maximum atomic E-state index is 9.09. The van der Waals surface area contributed by atoms with E-state index in [1.54, 1.807) is 12.3 Å². The van der Waals surface area contributed by atoms with E-state index >= 15 is 0 Å². The van der Waals surface area contributed by atoms with E-state index in [-0.39, 0.29) is 0 Å². The van der Waals surface area contributed by atoms with E-state index in [2.05, 4.69) is 16.0 Å². The molecule has 2 rings (SSSR count). The second-order valence-corrected chi connectivity index (χ2v) is 4.59. The maximum Gasteiger partial charge on any atom is 0.146 e. The first-order valence-electron chi connectivity index (χ1n) is 6.06. The molecule has 1 saturated carbocycles. The normalized spacial score (nSPS) is 23.4. The number of anilines is 1. The molecule has 0 aromatic carbocycles. The van der Waals surface area contributed by atoms with E-state index in [9.17, 15) is 0 Å². The zero-order valence-electron chi connectivity index (χ0n) is 10.1. The summed E-state index contributed by atoms with van der Waals surface area (Å²) in [6, 6.07) is 6.22. The summed E-state index contributed by atoms with van der Waals surface area (Å²) >= 11 is 0. The van der Waals surface area contributed by atoms with Gasteiger partial charge in [-0.3, -0.25) is 0 Å². The Kier molecular flexibility index (Phi) is 3.60. The lowest BCUT2D eigenvalue weighted by Crippen LogP contribution is -2.38. The van der Waals surface area contributed by atoms with Crippen molar-refractivity contribution in [2.45, 2.75) is 25.3 Å². The summed E-state index contributed by atoms with van der Waals surface area (Å²) in [6.07, 6.45) is 5.27. The molecule has 0 amide bonds. The summed E-state index contributed by atoms with van der Waals surface area (Å²) in [5.41, 5.74) is 6.44. The van der Waals surface area contributed by atoms with Crippen LogP contribution in [-0.2, 0) is 0 Å². The van der Waals surface area contributed by atoms with Crippen molar-refractivity contribution in [3.8, 4) is 6.07 Å². The number of aromatic nitrogens is 1. The van der Waals surface area contributed by atoms with Gasteiger partial charge in [0, 0.05) is 19.3 Å². The van der Waals surface area contributed by atoms with Gasteiger partial charge in [0.15, 0.2) is 0 Å². The fourth-order valence-electron chi connectivity index (χ4n) is 2.72. The minimum atomic E-state index is 0.419. The van der Waals surface area contributed by atoms with Gasteiger partial charge in [0.2, 0.25) is 0 Å². The van der Waals surface area contributed by atoms with Crippen LogP contribution < -0.4 is 10.6 Å². The Morgan fingerprint density at radius 2 is 2.41 bits per heavy atom. The van der Waals surface area contributed by atoms with Gasteiger partial charge < -0.3 is 10.6 Å². The predicted molar refractivity (Wildman–Crippen MR) is 67.5 cm³/mol. The molecule has 0 saturated heterocycles. The lowest BCUT2D eigenvalue weighted by atomic mass is 10.0. The topological polar surface area (TPSA) is 65.9 Å². The molecule has 17 heavy (non-hydrogen) atoms. The first-order chi connectivity index (χ1) is 8.27. The van der Waals surface area contributed by atoms with Gasteiger partial charge in [-0.15, -0.1) is 0 Å². The number of hydrogen-bond acceptors (Lipinski definition) is 4. The summed E-state index contributed by atoms with van der Waals surface area (Å²) in [4.78, 5) is 6.45. The average Bonchev–Trinajstić information content (AvgIpc) is 2.86. The molecule has 4 nitrogen and oxygen atoms in total. The summed E-state index contributed by atoms with van der Waals surface area (Å²) < 4.78 is 0. The Labute approximate surface area is 102 Å². The molecule has 90 valence electrons. The van der Waals surface area contributed by atoms with Crippen molar-refractivity contribution in [1.82, 2.24) is 4.98 Å².